The zero-order chi connectivity index (χ0) is 9.84. The highest BCUT2D eigenvalue weighted by Crippen LogP contribution is 2.10. The van der Waals surface area contributed by atoms with Crippen LogP contribution in [-0.4, -0.2) is 13.1 Å². The van der Waals surface area contributed by atoms with Gasteiger partial charge in [-0.05, 0) is 30.2 Å². The minimum atomic E-state index is -0.310. The molecule has 0 aliphatic rings. The van der Waals surface area contributed by atoms with Gasteiger partial charge in [-0.1, -0.05) is 6.07 Å². The first-order chi connectivity index (χ1) is 6.13. The van der Waals surface area contributed by atoms with Gasteiger partial charge in [0.25, 0.3) is 0 Å². The number of carbonyl (C=O) groups is 1. The second-order valence-corrected chi connectivity index (χ2v) is 2.82. The van der Waals surface area contributed by atoms with Crippen LogP contribution >= 0.6 is 0 Å². The molecule has 0 aromatic heterocycles. The Kier molecular flexibility index (Phi) is 3.01. The number of rotatable bonds is 2. The largest absolute Gasteiger partial charge is 0.469 e. The molecule has 0 radical (unpaired) electrons. The Morgan fingerprint density at radius 3 is 2.77 bits per heavy atom. The highest BCUT2D eigenvalue weighted by molar-refractivity contribution is 5.72. The smallest absolute Gasteiger partial charge is 0.309 e. The highest BCUT2D eigenvalue weighted by Gasteiger charge is 2.05. The Morgan fingerprint density at radius 1 is 1.54 bits per heavy atom. The normalized spacial score (nSPS) is 9.77. The van der Waals surface area contributed by atoms with Crippen LogP contribution in [0.5, 0.6) is 0 Å². The quantitative estimate of drug-likeness (QED) is 0.652. The molecule has 1 aromatic carbocycles. The van der Waals surface area contributed by atoms with Gasteiger partial charge in [0.2, 0.25) is 0 Å². The van der Waals surface area contributed by atoms with Gasteiger partial charge in [0.05, 0.1) is 13.5 Å². The van der Waals surface area contributed by atoms with Crippen molar-refractivity contribution in [1.29, 1.82) is 0 Å². The van der Waals surface area contributed by atoms with E-state index >= 15 is 0 Å². The number of hydrogen-bond donors (Lipinski definition) is 0. The average molecular weight is 182 g/mol. The Bertz CT molecular complexity index is 321. The maximum Gasteiger partial charge on any atom is 0.309 e. The summed E-state index contributed by atoms with van der Waals surface area (Å²) in [6.07, 6.45) is 0.197. The van der Waals surface area contributed by atoms with Crippen molar-refractivity contribution >= 4 is 5.97 Å². The molecule has 1 aromatic rings. The van der Waals surface area contributed by atoms with E-state index in [1.54, 1.807) is 13.0 Å². The molecule has 0 spiro atoms. The van der Waals surface area contributed by atoms with Crippen LogP contribution in [0.15, 0.2) is 18.2 Å². The molecule has 1 rings (SSSR count). The van der Waals surface area contributed by atoms with E-state index in [0.717, 1.165) is 11.1 Å². The fourth-order valence-corrected chi connectivity index (χ4v) is 1.09. The van der Waals surface area contributed by atoms with Crippen molar-refractivity contribution in [2.24, 2.45) is 0 Å². The highest BCUT2D eigenvalue weighted by atomic mass is 19.1. The van der Waals surface area contributed by atoms with E-state index in [4.69, 9.17) is 0 Å². The van der Waals surface area contributed by atoms with E-state index in [-0.39, 0.29) is 18.2 Å². The molecule has 0 saturated heterocycles. The van der Waals surface area contributed by atoms with Crippen molar-refractivity contribution in [3.05, 3.63) is 35.1 Å². The molecule has 13 heavy (non-hydrogen) atoms. The molecule has 0 heterocycles. The predicted molar refractivity (Wildman–Crippen MR) is 46.9 cm³/mol. The van der Waals surface area contributed by atoms with E-state index in [1.807, 2.05) is 0 Å². The third-order valence-electron chi connectivity index (χ3n) is 1.87. The van der Waals surface area contributed by atoms with Gasteiger partial charge in [-0.15, -0.1) is 0 Å². The Labute approximate surface area is 76.3 Å². The summed E-state index contributed by atoms with van der Waals surface area (Å²) in [5.74, 6) is -0.596. The van der Waals surface area contributed by atoms with E-state index in [0.29, 0.717) is 0 Å². The lowest BCUT2D eigenvalue weighted by atomic mass is 10.1. The zero-order valence-corrected chi connectivity index (χ0v) is 7.63. The summed E-state index contributed by atoms with van der Waals surface area (Å²) >= 11 is 0. The van der Waals surface area contributed by atoms with Gasteiger partial charge in [0.1, 0.15) is 5.82 Å². The van der Waals surface area contributed by atoms with Crippen molar-refractivity contribution in [1.82, 2.24) is 0 Å². The van der Waals surface area contributed by atoms with Crippen molar-refractivity contribution in [3.63, 3.8) is 0 Å². The first kappa shape index (κ1) is 9.71. The summed E-state index contributed by atoms with van der Waals surface area (Å²) in [5.41, 5.74) is 1.57. The third kappa shape index (κ3) is 2.54. The monoisotopic (exact) mass is 182 g/mol. The van der Waals surface area contributed by atoms with Crippen LogP contribution in [-0.2, 0) is 16.0 Å². The molecule has 0 N–H and O–H groups in total. The summed E-state index contributed by atoms with van der Waals surface area (Å²) in [4.78, 5) is 10.9. The molecule has 0 aliphatic heterocycles. The first-order valence-corrected chi connectivity index (χ1v) is 3.95. The van der Waals surface area contributed by atoms with Gasteiger partial charge >= 0.3 is 5.97 Å². The molecule has 0 bridgehead atoms. The number of halogens is 1. The van der Waals surface area contributed by atoms with Crippen molar-refractivity contribution < 1.29 is 13.9 Å². The number of benzene rings is 1. The van der Waals surface area contributed by atoms with Gasteiger partial charge in [0.15, 0.2) is 0 Å². The van der Waals surface area contributed by atoms with Crippen molar-refractivity contribution in [2.45, 2.75) is 13.3 Å². The molecule has 70 valence electrons. The number of ether oxygens (including phenoxy) is 1. The number of methoxy groups -OCH3 is 1. The number of esters is 1. The molecule has 0 saturated carbocycles. The third-order valence-corrected chi connectivity index (χ3v) is 1.87. The van der Waals surface area contributed by atoms with Crippen LogP contribution in [0, 0.1) is 12.7 Å². The summed E-state index contributed by atoms with van der Waals surface area (Å²) in [6, 6.07) is 4.34. The fourth-order valence-electron chi connectivity index (χ4n) is 1.09. The van der Waals surface area contributed by atoms with E-state index in [2.05, 4.69) is 4.74 Å². The molecular weight excluding hydrogens is 171 g/mol. The SMILES string of the molecule is COC(=O)Cc1ccc(F)cc1C. The minimum absolute atomic E-state index is 0.197. The minimum Gasteiger partial charge on any atom is -0.469 e. The van der Waals surface area contributed by atoms with Crippen LogP contribution in [0.25, 0.3) is 0 Å². The number of carbonyl (C=O) groups excluding carboxylic acids is 1. The lowest BCUT2D eigenvalue weighted by Crippen LogP contribution is -2.05. The molecule has 0 unspecified atom stereocenters. The average Bonchev–Trinajstić information content (AvgIpc) is 2.09. The van der Waals surface area contributed by atoms with E-state index in [1.165, 1.54) is 19.2 Å². The molecule has 0 atom stereocenters. The number of hydrogen-bond acceptors (Lipinski definition) is 2. The molecular formula is C10H11FO2. The summed E-state index contributed by atoms with van der Waals surface area (Å²) in [5, 5.41) is 0. The van der Waals surface area contributed by atoms with Crippen LogP contribution in [0.3, 0.4) is 0 Å². The van der Waals surface area contributed by atoms with Gasteiger partial charge in [-0.2, -0.15) is 0 Å². The maximum absolute atomic E-state index is 12.7. The van der Waals surface area contributed by atoms with Gasteiger partial charge in [-0.25, -0.2) is 4.39 Å². The summed E-state index contributed by atoms with van der Waals surface area (Å²) in [6.45, 7) is 1.77. The Morgan fingerprint density at radius 2 is 2.23 bits per heavy atom. The second kappa shape index (κ2) is 4.03. The molecule has 3 heteroatoms. The van der Waals surface area contributed by atoms with Crippen LogP contribution in [0.1, 0.15) is 11.1 Å². The lowest BCUT2D eigenvalue weighted by molar-refractivity contribution is -0.139. The van der Waals surface area contributed by atoms with Crippen LogP contribution in [0.4, 0.5) is 4.39 Å². The predicted octanol–water partition coefficient (Wildman–Crippen LogP) is 1.85. The second-order valence-electron chi connectivity index (χ2n) is 2.82. The van der Waals surface area contributed by atoms with Gasteiger partial charge < -0.3 is 4.74 Å². The maximum atomic E-state index is 12.7. The Hall–Kier alpha value is -1.38. The van der Waals surface area contributed by atoms with Crippen LogP contribution in [0.2, 0.25) is 0 Å². The van der Waals surface area contributed by atoms with Crippen molar-refractivity contribution in [3.8, 4) is 0 Å². The van der Waals surface area contributed by atoms with E-state index in [9.17, 15) is 9.18 Å². The molecule has 0 aliphatic carbocycles. The standard InChI is InChI=1S/C10H11FO2/c1-7-5-9(11)4-3-8(7)6-10(12)13-2/h3-5H,6H2,1-2H3. The Balaban J connectivity index is 2.83. The first-order valence-electron chi connectivity index (χ1n) is 3.95. The zero-order valence-electron chi connectivity index (χ0n) is 7.63. The molecule has 0 fully saturated rings. The lowest BCUT2D eigenvalue weighted by Gasteiger charge is -2.03. The fraction of sp³-hybridized carbons (Fsp3) is 0.300. The molecule has 2 nitrogen and oxygen atoms in total. The van der Waals surface area contributed by atoms with Crippen molar-refractivity contribution in [2.75, 3.05) is 7.11 Å². The van der Waals surface area contributed by atoms with E-state index < -0.39 is 0 Å². The summed E-state index contributed by atoms with van der Waals surface area (Å²) < 4.78 is 17.2. The molecule has 0 amide bonds. The topological polar surface area (TPSA) is 26.3 Å². The van der Waals surface area contributed by atoms with Crippen LogP contribution < -0.4 is 0 Å². The van der Waals surface area contributed by atoms with Gasteiger partial charge in [0, 0.05) is 0 Å². The number of aryl methyl sites for hydroxylation is 1. The van der Waals surface area contributed by atoms with Gasteiger partial charge in [-0.3, -0.25) is 4.79 Å². The summed E-state index contributed by atoms with van der Waals surface area (Å²) in [7, 11) is 1.33.